The summed E-state index contributed by atoms with van der Waals surface area (Å²) < 4.78 is 5.15. The van der Waals surface area contributed by atoms with Gasteiger partial charge in [0.1, 0.15) is 5.60 Å². The van der Waals surface area contributed by atoms with E-state index in [0.717, 1.165) is 5.56 Å². The lowest BCUT2D eigenvalue weighted by Crippen LogP contribution is -2.33. The number of aliphatic hydroxyl groups is 1. The van der Waals surface area contributed by atoms with Crippen molar-refractivity contribution in [1.82, 2.24) is 10.6 Å². The Balaban J connectivity index is 2.50. The van der Waals surface area contributed by atoms with Gasteiger partial charge in [-0.05, 0) is 51.8 Å². The minimum Gasteiger partial charge on any atom is -0.444 e. The van der Waals surface area contributed by atoms with E-state index in [2.05, 4.69) is 10.6 Å². The SMILES string of the molecule is C[C@H](CCO)NC(=O)c1ccc(CNC(=O)OC(C)(C)C)cc1. The second kappa shape index (κ2) is 8.53. The maximum Gasteiger partial charge on any atom is 0.407 e. The molecule has 0 unspecified atom stereocenters. The molecule has 0 radical (unpaired) electrons. The number of rotatable bonds is 6. The van der Waals surface area contributed by atoms with Crippen molar-refractivity contribution in [3.05, 3.63) is 35.4 Å². The summed E-state index contributed by atoms with van der Waals surface area (Å²) >= 11 is 0. The second-order valence-corrected chi connectivity index (χ2v) is 6.44. The highest BCUT2D eigenvalue weighted by molar-refractivity contribution is 5.94. The Labute approximate surface area is 137 Å². The van der Waals surface area contributed by atoms with Crippen molar-refractivity contribution >= 4 is 12.0 Å². The Kier molecular flexibility index (Phi) is 7.03. The maximum absolute atomic E-state index is 12.0. The molecule has 0 heterocycles. The molecule has 0 bridgehead atoms. The molecule has 128 valence electrons. The van der Waals surface area contributed by atoms with Crippen LogP contribution >= 0.6 is 0 Å². The van der Waals surface area contributed by atoms with Crippen molar-refractivity contribution in [2.75, 3.05) is 6.61 Å². The van der Waals surface area contributed by atoms with E-state index < -0.39 is 11.7 Å². The molecule has 1 atom stereocenters. The summed E-state index contributed by atoms with van der Waals surface area (Å²) in [4.78, 5) is 23.6. The quantitative estimate of drug-likeness (QED) is 0.749. The highest BCUT2D eigenvalue weighted by Crippen LogP contribution is 2.08. The first-order chi connectivity index (χ1) is 10.7. The van der Waals surface area contributed by atoms with Gasteiger partial charge in [0.25, 0.3) is 5.91 Å². The fraction of sp³-hybridized carbons (Fsp3) is 0.529. The van der Waals surface area contributed by atoms with Gasteiger partial charge in [0.2, 0.25) is 0 Å². The van der Waals surface area contributed by atoms with Crippen LogP contribution in [-0.4, -0.2) is 35.4 Å². The van der Waals surface area contributed by atoms with Gasteiger partial charge in [-0.25, -0.2) is 4.79 Å². The fourth-order valence-corrected chi connectivity index (χ4v) is 1.84. The van der Waals surface area contributed by atoms with Crippen LogP contribution in [0.1, 0.15) is 50.0 Å². The third-order valence-electron chi connectivity index (χ3n) is 2.99. The largest absolute Gasteiger partial charge is 0.444 e. The number of carbonyl (C=O) groups is 2. The van der Waals surface area contributed by atoms with Gasteiger partial charge in [-0.15, -0.1) is 0 Å². The Bertz CT molecular complexity index is 520. The summed E-state index contributed by atoms with van der Waals surface area (Å²) in [6.45, 7) is 7.62. The molecule has 2 amide bonds. The highest BCUT2D eigenvalue weighted by Gasteiger charge is 2.15. The Morgan fingerprint density at radius 1 is 1.22 bits per heavy atom. The Morgan fingerprint density at radius 3 is 2.35 bits per heavy atom. The maximum atomic E-state index is 12.0. The zero-order chi connectivity index (χ0) is 17.5. The summed E-state index contributed by atoms with van der Waals surface area (Å²) in [6, 6.07) is 6.88. The third kappa shape index (κ3) is 7.65. The number of carbonyl (C=O) groups excluding carboxylic acids is 2. The first-order valence-corrected chi connectivity index (χ1v) is 7.69. The van der Waals surface area contributed by atoms with Crippen LogP contribution in [0.25, 0.3) is 0 Å². The minimum absolute atomic E-state index is 0.0384. The number of aliphatic hydroxyl groups excluding tert-OH is 1. The summed E-state index contributed by atoms with van der Waals surface area (Å²) in [7, 11) is 0. The number of benzene rings is 1. The topological polar surface area (TPSA) is 87.7 Å². The molecule has 1 rings (SSSR count). The van der Waals surface area contributed by atoms with Crippen molar-refractivity contribution < 1.29 is 19.4 Å². The molecule has 23 heavy (non-hydrogen) atoms. The molecule has 0 saturated carbocycles. The van der Waals surface area contributed by atoms with Crippen molar-refractivity contribution in [2.24, 2.45) is 0 Å². The zero-order valence-electron chi connectivity index (χ0n) is 14.2. The zero-order valence-corrected chi connectivity index (χ0v) is 14.2. The van der Waals surface area contributed by atoms with E-state index in [9.17, 15) is 9.59 Å². The minimum atomic E-state index is -0.530. The van der Waals surface area contributed by atoms with Gasteiger partial charge in [0, 0.05) is 24.8 Å². The average Bonchev–Trinajstić information content (AvgIpc) is 2.44. The normalized spacial score (nSPS) is 12.4. The van der Waals surface area contributed by atoms with Gasteiger partial charge < -0.3 is 20.5 Å². The van der Waals surface area contributed by atoms with Crippen LogP contribution in [0.4, 0.5) is 4.79 Å². The molecule has 0 aliphatic rings. The molecule has 6 nitrogen and oxygen atoms in total. The number of amides is 2. The smallest absolute Gasteiger partial charge is 0.407 e. The van der Waals surface area contributed by atoms with E-state index in [1.54, 1.807) is 45.0 Å². The van der Waals surface area contributed by atoms with Gasteiger partial charge in [0.05, 0.1) is 0 Å². The monoisotopic (exact) mass is 322 g/mol. The molecule has 0 aliphatic heterocycles. The molecule has 0 aliphatic carbocycles. The van der Waals surface area contributed by atoms with Gasteiger partial charge in [-0.3, -0.25) is 4.79 Å². The van der Waals surface area contributed by atoms with Crippen LogP contribution in [0.2, 0.25) is 0 Å². The van der Waals surface area contributed by atoms with Crippen LogP contribution in [0, 0.1) is 0 Å². The second-order valence-electron chi connectivity index (χ2n) is 6.44. The molecule has 0 saturated heterocycles. The lowest BCUT2D eigenvalue weighted by molar-refractivity contribution is 0.0523. The van der Waals surface area contributed by atoms with Crippen molar-refractivity contribution in [3.8, 4) is 0 Å². The van der Waals surface area contributed by atoms with Crippen molar-refractivity contribution in [2.45, 2.75) is 52.3 Å². The summed E-state index contributed by atoms with van der Waals surface area (Å²) in [5.41, 5.74) is 0.878. The van der Waals surface area contributed by atoms with Crippen molar-refractivity contribution in [3.63, 3.8) is 0 Å². The number of nitrogens with one attached hydrogen (secondary N) is 2. The van der Waals surface area contributed by atoms with Gasteiger partial charge in [0.15, 0.2) is 0 Å². The summed E-state index contributed by atoms with van der Waals surface area (Å²) in [6.07, 6.45) is 0.0426. The van der Waals surface area contributed by atoms with E-state index in [4.69, 9.17) is 9.84 Å². The molecule has 1 aromatic rings. The Morgan fingerprint density at radius 2 is 1.83 bits per heavy atom. The predicted octanol–water partition coefficient (Wildman–Crippen LogP) is 2.21. The van der Waals surface area contributed by atoms with E-state index in [0.29, 0.717) is 18.5 Å². The van der Waals surface area contributed by atoms with Gasteiger partial charge in [-0.1, -0.05) is 12.1 Å². The lowest BCUT2D eigenvalue weighted by atomic mass is 10.1. The summed E-state index contributed by atoms with van der Waals surface area (Å²) in [5.74, 6) is -0.183. The van der Waals surface area contributed by atoms with E-state index in [1.165, 1.54) is 0 Å². The molecular weight excluding hydrogens is 296 g/mol. The molecule has 0 aromatic heterocycles. The average molecular weight is 322 g/mol. The van der Waals surface area contributed by atoms with E-state index in [-0.39, 0.29) is 18.6 Å². The highest BCUT2D eigenvalue weighted by atomic mass is 16.6. The first-order valence-electron chi connectivity index (χ1n) is 7.69. The number of hydrogen-bond donors (Lipinski definition) is 3. The Hall–Kier alpha value is -2.08. The number of ether oxygens (including phenoxy) is 1. The molecule has 6 heteroatoms. The summed E-state index contributed by atoms with van der Waals surface area (Å²) in [5, 5.41) is 14.3. The van der Waals surface area contributed by atoms with Crippen LogP contribution < -0.4 is 10.6 Å². The molecule has 0 spiro atoms. The standard InChI is InChI=1S/C17H26N2O4/c1-12(9-10-20)19-15(21)14-7-5-13(6-8-14)11-18-16(22)23-17(2,3)4/h5-8,12,20H,9-11H2,1-4H3,(H,18,22)(H,19,21)/t12-/m1/s1. The third-order valence-corrected chi connectivity index (χ3v) is 2.99. The van der Waals surface area contributed by atoms with Crippen LogP contribution in [0.5, 0.6) is 0 Å². The molecule has 0 fully saturated rings. The van der Waals surface area contributed by atoms with Gasteiger partial charge >= 0.3 is 6.09 Å². The predicted molar refractivity (Wildman–Crippen MR) is 88.1 cm³/mol. The lowest BCUT2D eigenvalue weighted by Gasteiger charge is -2.19. The number of alkyl carbamates (subject to hydrolysis) is 1. The van der Waals surface area contributed by atoms with Crippen molar-refractivity contribution in [1.29, 1.82) is 0 Å². The first kappa shape index (κ1) is 19.0. The van der Waals surface area contributed by atoms with Crippen LogP contribution in [0.3, 0.4) is 0 Å². The van der Waals surface area contributed by atoms with E-state index in [1.807, 2.05) is 6.92 Å². The number of hydrogen-bond acceptors (Lipinski definition) is 4. The van der Waals surface area contributed by atoms with Gasteiger partial charge in [-0.2, -0.15) is 0 Å². The van der Waals surface area contributed by atoms with Crippen LogP contribution in [0.15, 0.2) is 24.3 Å². The molecule has 3 N–H and O–H groups in total. The molecular formula is C17H26N2O4. The van der Waals surface area contributed by atoms with Crippen LogP contribution in [-0.2, 0) is 11.3 Å². The molecule has 1 aromatic carbocycles. The van der Waals surface area contributed by atoms with E-state index >= 15 is 0 Å². The fourth-order valence-electron chi connectivity index (χ4n) is 1.84.